The fourth-order valence-corrected chi connectivity index (χ4v) is 6.56. The number of fused-ring (bicyclic) bond motifs is 8. The van der Waals surface area contributed by atoms with Gasteiger partial charge in [0.25, 0.3) is 5.91 Å². The predicted octanol–water partition coefficient (Wildman–Crippen LogP) is 4.81. The standard InChI is InChI=1S/C28H31N5O2S/c1-17-7-4-8-18(2)26(17)22-14-25-30-28(29-22)31-36-20-10-5-9-19(13-20)27(34)33-15-23-21(24(16-33)35-25)11-6-12-32(23)3/h4-5,7-10,13-14,21,23-24H,6,11-12,15-16H2,1-3H3,(H,29,30,31). The highest BCUT2D eigenvalue weighted by molar-refractivity contribution is 8.00. The van der Waals surface area contributed by atoms with Gasteiger partial charge in [0.1, 0.15) is 6.10 Å². The molecular weight excluding hydrogens is 470 g/mol. The van der Waals surface area contributed by atoms with Gasteiger partial charge in [-0.3, -0.25) is 9.52 Å². The van der Waals surface area contributed by atoms with E-state index in [1.54, 1.807) is 0 Å². The molecule has 0 aliphatic carbocycles. The molecule has 3 aromatic rings. The number of carbonyl (C=O) groups is 1. The Morgan fingerprint density at radius 2 is 1.86 bits per heavy atom. The third kappa shape index (κ3) is 4.33. The van der Waals surface area contributed by atoms with Crippen LogP contribution in [-0.4, -0.2) is 64.5 Å². The van der Waals surface area contributed by atoms with Crippen LogP contribution in [0, 0.1) is 19.8 Å². The van der Waals surface area contributed by atoms with Gasteiger partial charge in [-0.15, -0.1) is 0 Å². The lowest BCUT2D eigenvalue weighted by molar-refractivity contribution is -0.0355. The third-order valence-corrected chi connectivity index (χ3v) is 8.51. The van der Waals surface area contributed by atoms with E-state index in [1.807, 2.05) is 35.2 Å². The second kappa shape index (κ2) is 9.41. The molecule has 186 valence electrons. The van der Waals surface area contributed by atoms with E-state index in [1.165, 1.54) is 11.9 Å². The summed E-state index contributed by atoms with van der Waals surface area (Å²) in [4.78, 5) is 28.5. The van der Waals surface area contributed by atoms with Gasteiger partial charge in [-0.05, 0) is 81.6 Å². The van der Waals surface area contributed by atoms with Crippen molar-refractivity contribution in [1.82, 2.24) is 19.8 Å². The number of aromatic nitrogens is 2. The van der Waals surface area contributed by atoms with Gasteiger partial charge in [0.05, 0.1) is 12.2 Å². The van der Waals surface area contributed by atoms with Crippen molar-refractivity contribution in [3.05, 3.63) is 65.2 Å². The highest BCUT2D eigenvalue weighted by Crippen LogP contribution is 2.36. The van der Waals surface area contributed by atoms with Crippen molar-refractivity contribution in [3.63, 3.8) is 0 Å². The van der Waals surface area contributed by atoms with Gasteiger partial charge < -0.3 is 14.5 Å². The molecule has 1 N–H and O–H groups in total. The van der Waals surface area contributed by atoms with Crippen molar-refractivity contribution >= 4 is 23.8 Å². The quantitative estimate of drug-likeness (QED) is 0.480. The molecule has 0 spiro atoms. The number of nitrogens with one attached hydrogen (secondary N) is 1. The highest BCUT2D eigenvalue weighted by Gasteiger charge is 2.43. The van der Waals surface area contributed by atoms with Crippen LogP contribution in [-0.2, 0) is 0 Å². The number of piperidine rings is 2. The van der Waals surface area contributed by atoms with Crippen molar-refractivity contribution in [2.75, 3.05) is 31.4 Å². The Labute approximate surface area is 216 Å². The minimum absolute atomic E-state index is 0.0525. The lowest BCUT2D eigenvalue weighted by Crippen LogP contribution is -2.62. The first-order chi connectivity index (χ1) is 17.5. The Hall–Kier alpha value is -3.10. The van der Waals surface area contributed by atoms with Crippen LogP contribution in [0.2, 0.25) is 0 Å². The Bertz CT molecular complexity index is 1290. The number of rotatable bonds is 1. The van der Waals surface area contributed by atoms with Crippen LogP contribution in [0.15, 0.2) is 53.4 Å². The van der Waals surface area contributed by atoms with Crippen molar-refractivity contribution in [3.8, 4) is 17.1 Å². The van der Waals surface area contributed by atoms with Crippen molar-refractivity contribution in [2.45, 2.75) is 43.7 Å². The zero-order valence-electron chi connectivity index (χ0n) is 20.9. The first-order valence-electron chi connectivity index (χ1n) is 12.6. The molecule has 8 heteroatoms. The average Bonchev–Trinajstić information content (AvgIpc) is 2.87. The molecule has 7 nitrogen and oxygen atoms in total. The van der Waals surface area contributed by atoms with E-state index >= 15 is 0 Å². The van der Waals surface area contributed by atoms with E-state index < -0.39 is 0 Å². The van der Waals surface area contributed by atoms with Gasteiger partial charge in [-0.1, -0.05) is 24.3 Å². The van der Waals surface area contributed by atoms with Gasteiger partial charge in [-0.2, -0.15) is 4.98 Å². The van der Waals surface area contributed by atoms with E-state index in [4.69, 9.17) is 14.7 Å². The average molecular weight is 502 g/mol. The van der Waals surface area contributed by atoms with Crippen LogP contribution in [0.1, 0.15) is 34.3 Å². The van der Waals surface area contributed by atoms with Crippen LogP contribution in [0.25, 0.3) is 11.3 Å². The maximum atomic E-state index is 13.6. The first kappa shape index (κ1) is 23.3. The molecule has 1 aromatic heterocycles. The third-order valence-electron chi connectivity index (χ3n) is 7.73. The normalized spacial score (nSPS) is 23.9. The number of benzene rings is 2. The largest absolute Gasteiger partial charge is 0.472 e. The number of hydrogen-bond donors (Lipinski definition) is 1. The lowest BCUT2D eigenvalue weighted by atomic mass is 9.81. The lowest BCUT2D eigenvalue weighted by Gasteiger charge is -2.49. The van der Waals surface area contributed by atoms with Crippen LogP contribution < -0.4 is 9.46 Å². The number of aryl methyl sites for hydroxylation is 2. The number of anilines is 1. The predicted molar refractivity (Wildman–Crippen MR) is 142 cm³/mol. The van der Waals surface area contributed by atoms with E-state index in [0.29, 0.717) is 29.9 Å². The molecule has 2 fully saturated rings. The maximum absolute atomic E-state index is 13.6. The summed E-state index contributed by atoms with van der Waals surface area (Å²) in [5.74, 6) is 1.43. The molecule has 3 aliphatic heterocycles. The number of ether oxygens (including phenoxy) is 1. The summed E-state index contributed by atoms with van der Waals surface area (Å²) in [7, 11) is 2.17. The zero-order chi connectivity index (χ0) is 24.8. The molecule has 3 aliphatic rings. The molecule has 2 saturated heterocycles. The van der Waals surface area contributed by atoms with Crippen LogP contribution in [0.4, 0.5) is 5.95 Å². The Kier molecular flexibility index (Phi) is 6.09. The molecular formula is C28H31N5O2S. The molecule has 1 amide bonds. The number of likely N-dealkylation sites (tertiary alicyclic amines) is 1. The molecule has 6 bridgehead atoms. The van der Waals surface area contributed by atoms with Gasteiger partial charge in [0.2, 0.25) is 11.8 Å². The first-order valence-corrected chi connectivity index (χ1v) is 13.4. The fourth-order valence-electron chi connectivity index (χ4n) is 5.93. The molecule has 4 heterocycles. The monoisotopic (exact) mass is 501 g/mol. The number of nitrogens with zero attached hydrogens (tertiary/aromatic N) is 4. The summed E-state index contributed by atoms with van der Waals surface area (Å²) in [6.45, 7) is 6.52. The van der Waals surface area contributed by atoms with Crippen LogP contribution >= 0.6 is 11.9 Å². The summed E-state index contributed by atoms with van der Waals surface area (Å²) >= 11 is 1.40. The zero-order valence-corrected chi connectivity index (χ0v) is 21.7. The summed E-state index contributed by atoms with van der Waals surface area (Å²) < 4.78 is 9.99. The minimum Gasteiger partial charge on any atom is -0.472 e. The molecule has 0 saturated carbocycles. The molecule has 2 aromatic carbocycles. The van der Waals surface area contributed by atoms with Gasteiger partial charge in [-0.25, -0.2) is 4.98 Å². The van der Waals surface area contributed by atoms with Crippen LogP contribution in [0.3, 0.4) is 0 Å². The highest BCUT2D eigenvalue weighted by atomic mass is 32.2. The maximum Gasteiger partial charge on any atom is 0.254 e. The number of likely N-dealkylation sites (N-methyl/N-ethyl adjacent to an activating group) is 1. The van der Waals surface area contributed by atoms with Gasteiger partial charge >= 0.3 is 0 Å². The minimum atomic E-state index is -0.138. The Balaban J connectivity index is 1.47. The molecule has 36 heavy (non-hydrogen) atoms. The topological polar surface area (TPSA) is 70.6 Å². The Morgan fingerprint density at radius 3 is 2.69 bits per heavy atom. The van der Waals surface area contributed by atoms with Gasteiger partial charge in [0.15, 0.2) is 0 Å². The smallest absolute Gasteiger partial charge is 0.254 e. The molecule has 6 rings (SSSR count). The SMILES string of the molecule is Cc1cccc(C)c1-c1cc2nc(n1)NSc1cccc(c1)C(=O)N1CC(O2)C2CCCN(C)C2C1. The van der Waals surface area contributed by atoms with E-state index in [9.17, 15) is 4.79 Å². The molecule has 3 atom stereocenters. The van der Waals surface area contributed by atoms with Crippen molar-refractivity contribution < 1.29 is 9.53 Å². The Morgan fingerprint density at radius 1 is 1.06 bits per heavy atom. The van der Waals surface area contributed by atoms with E-state index in [-0.39, 0.29) is 18.1 Å². The summed E-state index contributed by atoms with van der Waals surface area (Å²) in [5.41, 5.74) is 4.95. The number of amides is 1. The second-order valence-electron chi connectivity index (χ2n) is 10.1. The second-order valence-corrected chi connectivity index (χ2v) is 11.0. The summed E-state index contributed by atoms with van der Waals surface area (Å²) in [6.07, 6.45) is 2.09. The molecule has 3 unspecified atom stereocenters. The fraction of sp³-hybridized carbons (Fsp3) is 0.393. The van der Waals surface area contributed by atoms with Crippen molar-refractivity contribution in [1.29, 1.82) is 0 Å². The molecule has 0 radical (unpaired) electrons. The van der Waals surface area contributed by atoms with E-state index in [2.05, 4.69) is 48.7 Å². The van der Waals surface area contributed by atoms with E-state index in [0.717, 1.165) is 53.2 Å². The van der Waals surface area contributed by atoms with Crippen LogP contribution in [0.5, 0.6) is 5.88 Å². The van der Waals surface area contributed by atoms with Gasteiger partial charge in [0, 0.05) is 40.6 Å². The summed E-state index contributed by atoms with van der Waals surface area (Å²) in [5, 5.41) is 0. The number of carbonyl (C=O) groups excluding carboxylic acids is 1. The number of hydrogen-bond acceptors (Lipinski definition) is 7. The van der Waals surface area contributed by atoms with Crippen molar-refractivity contribution in [2.24, 2.45) is 5.92 Å². The summed E-state index contributed by atoms with van der Waals surface area (Å²) in [6, 6.07) is 16.3.